The molecule has 0 spiro atoms. The number of rotatable bonds is 2. The summed E-state index contributed by atoms with van der Waals surface area (Å²) < 4.78 is 1.51. The van der Waals surface area contributed by atoms with E-state index in [1.807, 2.05) is 0 Å². The van der Waals surface area contributed by atoms with Crippen LogP contribution in [0.4, 0.5) is 0 Å². The summed E-state index contributed by atoms with van der Waals surface area (Å²) in [6.45, 7) is 25.5. The van der Waals surface area contributed by atoms with E-state index < -0.39 is 8.07 Å². The van der Waals surface area contributed by atoms with Gasteiger partial charge in [-0.2, -0.15) is 0 Å². The Balaban J connectivity index is 0.000000751. The topological polar surface area (TPSA) is 0 Å². The van der Waals surface area contributed by atoms with Crippen molar-refractivity contribution in [1.82, 2.24) is 0 Å². The minimum atomic E-state index is -1.29. The molecule has 0 aliphatic heterocycles. The second-order valence-electron chi connectivity index (χ2n) is 13.2. The quantitative estimate of drug-likeness (QED) is 0.222. The first-order chi connectivity index (χ1) is 15.5. The molecule has 0 bridgehead atoms. The van der Waals surface area contributed by atoms with Crippen molar-refractivity contribution in [2.24, 2.45) is 0 Å². The van der Waals surface area contributed by atoms with Gasteiger partial charge in [0.05, 0.1) is 8.07 Å². The van der Waals surface area contributed by atoms with E-state index in [-0.39, 0.29) is 10.8 Å². The van der Waals surface area contributed by atoms with Crippen molar-refractivity contribution in [3.63, 3.8) is 0 Å². The molecule has 0 aromatic heterocycles. The Bertz CT molecular complexity index is 1290. The van der Waals surface area contributed by atoms with Crippen molar-refractivity contribution in [2.45, 2.75) is 92.3 Å². The van der Waals surface area contributed by atoms with Crippen molar-refractivity contribution >= 4 is 38.4 Å². The zero-order valence-corrected chi connectivity index (χ0v) is 26.8. The van der Waals surface area contributed by atoms with Crippen LogP contribution in [0.1, 0.15) is 78.5 Å². The van der Waals surface area contributed by atoms with Crippen molar-refractivity contribution in [3.05, 3.63) is 70.4 Å². The van der Waals surface area contributed by atoms with Gasteiger partial charge in [0.15, 0.2) is 0 Å². The Kier molecular flexibility index (Phi) is 7.77. The van der Waals surface area contributed by atoms with Crippen LogP contribution in [0.5, 0.6) is 0 Å². The molecule has 1 aliphatic carbocycles. The second kappa shape index (κ2) is 9.67. The molecule has 3 aromatic carbocycles. The maximum atomic E-state index is 2.51. The zero-order valence-electron chi connectivity index (χ0n) is 23.3. The molecule has 2 heteroatoms. The molecular weight excluding hydrogens is 504 g/mol. The Hall–Kier alpha value is -1.24. The van der Waals surface area contributed by atoms with E-state index in [2.05, 4.69) is 124 Å². The fourth-order valence-corrected chi connectivity index (χ4v) is 5.83. The van der Waals surface area contributed by atoms with Crippen LogP contribution in [0.15, 0.2) is 53.7 Å². The van der Waals surface area contributed by atoms with E-state index >= 15 is 0 Å². The monoisotopic (exact) mass is 545 g/mol. The molecule has 4 rings (SSSR count). The molecule has 0 saturated carbocycles. The number of allylic oxidation sites excluding steroid dienone is 4. The van der Waals surface area contributed by atoms with Crippen LogP contribution in [0.25, 0.3) is 27.1 Å². The molecular formula is C32H43SiZr-. The Morgan fingerprint density at radius 3 is 1.91 bits per heavy atom. The van der Waals surface area contributed by atoms with Crippen LogP contribution < -0.4 is 0 Å². The van der Waals surface area contributed by atoms with Gasteiger partial charge in [-0.15, -0.1) is 33.7 Å². The van der Waals surface area contributed by atoms with Gasteiger partial charge in [-0.05, 0) is 17.3 Å². The van der Waals surface area contributed by atoms with Gasteiger partial charge in [-0.25, -0.2) is 0 Å². The molecule has 0 N–H and O–H groups in total. The third-order valence-corrected chi connectivity index (χ3v) is 8.72. The van der Waals surface area contributed by atoms with E-state index in [0.717, 1.165) is 6.42 Å². The van der Waals surface area contributed by atoms with Crippen LogP contribution in [0, 0.1) is 0 Å². The summed E-state index contributed by atoms with van der Waals surface area (Å²) in [7, 11) is -1.29. The van der Waals surface area contributed by atoms with Gasteiger partial charge in [-0.1, -0.05) is 125 Å². The summed E-state index contributed by atoms with van der Waals surface area (Å²) in [6, 6.07) is 14.4. The predicted octanol–water partition coefficient (Wildman–Crippen LogP) is 9.64. The van der Waals surface area contributed by atoms with Crippen molar-refractivity contribution in [1.29, 1.82) is 0 Å². The van der Waals surface area contributed by atoms with Crippen LogP contribution in [-0.4, -0.2) is 11.3 Å². The first-order valence-electron chi connectivity index (χ1n) is 12.6. The summed E-state index contributed by atoms with van der Waals surface area (Å²) in [5.74, 6) is 0. The summed E-state index contributed by atoms with van der Waals surface area (Å²) >= 11 is 1.55. The van der Waals surface area contributed by atoms with Crippen LogP contribution in [0.3, 0.4) is 0 Å². The van der Waals surface area contributed by atoms with Gasteiger partial charge < -0.3 is 0 Å². The maximum absolute atomic E-state index is 2.51. The molecule has 3 aromatic rings. The third kappa shape index (κ3) is 6.11. The normalized spacial score (nSPS) is 14.6. The Morgan fingerprint density at radius 2 is 1.41 bits per heavy atom. The molecule has 34 heavy (non-hydrogen) atoms. The van der Waals surface area contributed by atoms with Crippen molar-refractivity contribution < 1.29 is 24.2 Å². The molecule has 0 unspecified atom stereocenters. The summed E-state index contributed by atoms with van der Waals surface area (Å²) in [5, 5.41) is 7.20. The molecule has 0 saturated heterocycles. The first-order valence-corrected chi connectivity index (χ1v) is 17.3. The van der Waals surface area contributed by atoms with E-state index in [9.17, 15) is 0 Å². The number of fused-ring (bicyclic) bond motifs is 3. The summed E-state index contributed by atoms with van der Waals surface area (Å²) in [6.07, 6.45) is 6.06. The summed E-state index contributed by atoms with van der Waals surface area (Å²) in [5.41, 5.74) is 6.06. The first kappa shape index (κ1) is 27.3. The molecule has 1 aliphatic rings. The van der Waals surface area contributed by atoms with Crippen molar-refractivity contribution in [3.8, 4) is 0 Å². The molecule has 0 nitrogen and oxygen atoms in total. The average Bonchev–Trinajstić information content (AvgIpc) is 3.30. The summed E-state index contributed by atoms with van der Waals surface area (Å²) in [4.78, 5) is 0. The SMILES string of the molecule is CC(C)(C)c1ccc2[cH-]c3c(C4=CC([Si](C)(C)C)=CC4)cc(C(C)(C)C)cc3c2c1.C[C](C)=[Zr]. The average molecular weight is 547 g/mol. The van der Waals surface area contributed by atoms with Crippen LogP contribution in [-0.2, 0) is 35.1 Å². The molecule has 0 amide bonds. The Morgan fingerprint density at radius 1 is 0.853 bits per heavy atom. The van der Waals surface area contributed by atoms with Gasteiger partial charge in [0.25, 0.3) is 0 Å². The third-order valence-electron chi connectivity index (χ3n) is 6.64. The number of hydrogen-bond donors (Lipinski definition) is 0. The zero-order chi connectivity index (χ0) is 25.6. The van der Waals surface area contributed by atoms with Gasteiger partial charge in [0.2, 0.25) is 0 Å². The van der Waals surface area contributed by atoms with Gasteiger partial charge in [0, 0.05) is 0 Å². The van der Waals surface area contributed by atoms with E-state index in [0.29, 0.717) is 0 Å². The fraction of sp³-hybridized carbons (Fsp3) is 0.438. The van der Waals surface area contributed by atoms with E-state index in [1.165, 1.54) is 47.0 Å². The van der Waals surface area contributed by atoms with Crippen LogP contribution >= 0.6 is 0 Å². The van der Waals surface area contributed by atoms with Gasteiger partial charge in [0.1, 0.15) is 0 Å². The predicted molar refractivity (Wildman–Crippen MR) is 155 cm³/mol. The molecule has 0 fully saturated rings. The fourth-order valence-electron chi connectivity index (χ4n) is 4.50. The van der Waals surface area contributed by atoms with E-state index in [1.54, 1.807) is 29.4 Å². The number of benzene rings is 2. The van der Waals surface area contributed by atoms with Crippen molar-refractivity contribution in [2.75, 3.05) is 0 Å². The molecule has 180 valence electrons. The molecule has 0 heterocycles. The number of hydrogen-bond acceptors (Lipinski definition) is 0. The van der Waals surface area contributed by atoms with Gasteiger partial charge in [-0.3, -0.25) is 0 Å². The van der Waals surface area contributed by atoms with E-state index in [4.69, 9.17) is 0 Å². The second-order valence-corrected chi connectivity index (χ2v) is 20.7. The van der Waals surface area contributed by atoms with Crippen LogP contribution in [0.2, 0.25) is 19.6 Å². The standard InChI is InChI=1S/C29H37Si.C3H6.Zr/c1-28(2,3)21-12-10-20-15-26-25(19-11-13-23(14-19)30(7,8)9)17-22(29(4,5)6)18-27(26)24(20)16-21;1-3-2;/h10,12-18H,11H2,1-9H3;1-2H3;/q-1;;. The molecule has 0 atom stereocenters. The minimum absolute atomic E-state index is 0.127. The molecule has 0 radical (unpaired) electrons. The Labute approximate surface area is 224 Å². The van der Waals surface area contributed by atoms with Gasteiger partial charge >= 0.3 is 41.3 Å².